The van der Waals surface area contributed by atoms with E-state index in [2.05, 4.69) is 14.9 Å². The highest BCUT2D eigenvalue weighted by atomic mass is 32.2. The molecule has 21 heavy (non-hydrogen) atoms. The number of fused-ring (bicyclic) bond motifs is 1. The Kier molecular flexibility index (Phi) is 5.11. The first-order chi connectivity index (χ1) is 10.3. The van der Waals surface area contributed by atoms with E-state index < -0.39 is 0 Å². The van der Waals surface area contributed by atoms with Crippen LogP contribution in [-0.4, -0.2) is 61.0 Å². The quantitative estimate of drug-likeness (QED) is 0.780. The van der Waals surface area contributed by atoms with E-state index >= 15 is 0 Å². The van der Waals surface area contributed by atoms with E-state index in [1.807, 2.05) is 19.1 Å². The van der Waals surface area contributed by atoms with Crippen molar-refractivity contribution in [1.29, 1.82) is 0 Å². The number of thioether (sulfide) groups is 1. The minimum Gasteiger partial charge on any atom is -0.498 e. The number of hydrogen-bond donors (Lipinski definition) is 0. The number of rotatable bonds is 5. The van der Waals surface area contributed by atoms with Crippen molar-refractivity contribution in [3.8, 4) is 0 Å². The van der Waals surface area contributed by atoms with Gasteiger partial charge in [0.2, 0.25) is 0 Å². The summed E-state index contributed by atoms with van der Waals surface area (Å²) in [5.74, 6) is 2.00. The summed E-state index contributed by atoms with van der Waals surface area (Å²) in [4.78, 5) is 11.6. The van der Waals surface area contributed by atoms with Crippen LogP contribution in [0.3, 0.4) is 0 Å². The molecule has 0 spiro atoms. The molecule has 3 rings (SSSR count). The Bertz CT molecular complexity index is 505. The van der Waals surface area contributed by atoms with Gasteiger partial charge in [-0.3, -0.25) is 4.90 Å². The molecule has 0 aromatic heterocycles. The SMILES string of the molecule is CCOC1=CC=C2N=C(SCCN3CCOCC3)N=C2C1. The van der Waals surface area contributed by atoms with Crippen LogP contribution in [0.1, 0.15) is 13.3 Å². The van der Waals surface area contributed by atoms with E-state index in [4.69, 9.17) is 9.47 Å². The van der Waals surface area contributed by atoms with Crippen LogP contribution in [0.15, 0.2) is 33.6 Å². The Morgan fingerprint density at radius 3 is 2.95 bits per heavy atom. The fraction of sp³-hybridized carbons (Fsp3) is 0.600. The van der Waals surface area contributed by atoms with Gasteiger partial charge in [-0.25, -0.2) is 9.98 Å². The summed E-state index contributed by atoms with van der Waals surface area (Å²) in [7, 11) is 0. The van der Waals surface area contributed by atoms with Crippen LogP contribution in [-0.2, 0) is 9.47 Å². The molecular formula is C15H21N3O2S. The van der Waals surface area contributed by atoms with Crippen molar-refractivity contribution in [3.05, 3.63) is 23.6 Å². The topological polar surface area (TPSA) is 46.4 Å². The molecule has 1 aliphatic carbocycles. The maximum atomic E-state index is 5.55. The van der Waals surface area contributed by atoms with Crippen molar-refractivity contribution >= 4 is 22.6 Å². The molecule has 2 heterocycles. The average Bonchev–Trinajstić information content (AvgIpc) is 2.91. The summed E-state index contributed by atoms with van der Waals surface area (Å²) < 4.78 is 10.9. The van der Waals surface area contributed by atoms with Crippen LogP contribution in [0.2, 0.25) is 0 Å². The predicted molar refractivity (Wildman–Crippen MR) is 87.0 cm³/mol. The van der Waals surface area contributed by atoms with Crippen LogP contribution in [0.4, 0.5) is 0 Å². The van der Waals surface area contributed by atoms with E-state index in [-0.39, 0.29) is 0 Å². The first-order valence-corrected chi connectivity index (χ1v) is 8.47. The summed E-state index contributed by atoms with van der Waals surface area (Å²) in [6.07, 6.45) is 4.77. The van der Waals surface area contributed by atoms with E-state index in [0.29, 0.717) is 6.61 Å². The fourth-order valence-corrected chi connectivity index (χ4v) is 3.33. The number of hydrogen-bond acceptors (Lipinski definition) is 6. The molecule has 0 bridgehead atoms. The lowest BCUT2D eigenvalue weighted by atomic mass is 10.1. The van der Waals surface area contributed by atoms with Crippen LogP contribution in [0.25, 0.3) is 0 Å². The Labute approximate surface area is 129 Å². The molecule has 1 saturated heterocycles. The lowest BCUT2D eigenvalue weighted by Crippen LogP contribution is -2.37. The number of morpholine rings is 1. The fourth-order valence-electron chi connectivity index (χ4n) is 2.46. The number of amidine groups is 1. The zero-order chi connectivity index (χ0) is 14.5. The first-order valence-electron chi connectivity index (χ1n) is 7.48. The molecule has 3 aliphatic rings. The second-order valence-electron chi connectivity index (χ2n) is 5.05. The molecule has 0 aromatic rings. The van der Waals surface area contributed by atoms with Gasteiger partial charge < -0.3 is 9.47 Å². The smallest absolute Gasteiger partial charge is 0.188 e. The van der Waals surface area contributed by atoms with Crippen molar-refractivity contribution < 1.29 is 9.47 Å². The third-order valence-electron chi connectivity index (χ3n) is 3.58. The minimum atomic E-state index is 0.699. The minimum absolute atomic E-state index is 0.699. The summed E-state index contributed by atoms with van der Waals surface area (Å²) in [5.41, 5.74) is 2.03. The molecule has 1 fully saturated rings. The summed E-state index contributed by atoms with van der Waals surface area (Å²) in [6, 6.07) is 0. The summed E-state index contributed by atoms with van der Waals surface area (Å²) in [5, 5.41) is 0.885. The number of ether oxygens (including phenoxy) is 2. The first kappa shape index (κ1) is 14.8. The van der Waals surface area contributed by atoms with E-state index in [1.54, 1.807) is 11.8 Å². The molecule has 0 radical (unpaired) electrons. The Balaban J connectivity index is 1.46. The largest absolute Gasteiger partial charge is 0.498 e. The van der Waals surface area contributed by atoms with Crippen molar-refractivity contribution in [2.24, 2.45) is 9.98 Å². The number of nitrogens with zero attached hydrogens (tertiary/aromatic N) is 3. The zero-order valence-electron chi connectivity index (χ0n) is 12.4. The van der Waals surface area contributed by atoms with Crippen molar-refractivity contribution in [2.45, 2.75) is 13.3 Å². The van der Waals surface area contributed by atoms with Gasteiger partial charge in [-0.15, -0.1) is 0 Å². The van der Waals surface area contributed by atoms with E-state index in [9.17, 15) is 0 Å². The second-order valence-corrected chi connectivity index (χ2v) is 6.11. The lowest BCUT2D eigenvalue weighted by Gasteiger charge is -2.26. The van der Waals surface area contributed by atoms with E-state index in [0.717, 1.165) is 67.4 Å². The van der Waals surface area contributed by atoms with Gasteiger partial charge in [-0.1, -0.05) is 11.8 Å². The highest BCUT2D eigenvalue weighted by Crippen LogP contribution is 2.25. The molecule has 0 saturated carbocycles. The molecule has 0 aromatic carbocycles. The van der Waals surface area contributed by atoms with Crippen LogP contribution in [0, 0.1) is 0 Å². The van der Waals surface area contributed by atoms with Gasteiger partial charge in [0, 0.05) is 31.8 Å². The van der Waals surface area contributed by atoms with Gasteiger partial charge >= 0.3 is 0 Å². The summed E-state index contributed by atoms with van der Waals surface area (Å²) in [6.45, 7) is 7.55. The molecule has 6 heteroatoms. The van der Waals surface area contributed by atoms with Gasteiger partial charge in [0.1, 0.15) is 5.76 Å². The zero-order valence-corrected chi connectivity index (χ0v) is 13.2. The van der Waals surface area contributed by atoms with Crippen LogP contribution >= 0.6 is 11.8 Å². The highest BCUT2D eigenvalue weighted by molar-refractivity contribution is 8.13. The van der Waals surface area contributed by atoms with Crippen molar-refractivity contribution in [2.75, 3.05) is 45.2 Å². The third-order valence-corrected chi connectivity index (χ3v) is 4.41. The normalized spacial score (nSPS) is 22.1. The number of allylic oxidation sites excluding steroid dienone is 4. The Hall–Kier alpha value is -1.11. The van der Waals surface area contributed by atoms with Crippen LogP contribution in [0.5, 0.6) is 0 Å². The average molecular weight is 307 g/mol. The Morgan fingerprint density at radius 2 is 2.14 bits per heavy atom. The predicted octanol–water partition coefficient (Wildman–Crippen LogP) is 2.07. The van der Waals surface area contributed by atoms with Gasteiger partial charge in [-0.2, -0.15) is 0 Å². The van der Waals surface area contributed by atoms with Crippen molar-refractivity contribution in [1.82, 2.24) is 4.90 Å². The van der Waals surface area contributed by atoms with Gasteiger partial charge in [0.15, 0.2) is 5.17 Å². The molecular weight excluding hydrogens is 286 g/mol. The molecule has 2 aliphatic heterocycles. The molecule has 0 amide bonds. The maximum absolute atomic E-state index is 5.55. The maximum Gasteiger partial charge on any atom is 0.188 e. The van der Waals surface area contributed by atoms with Crippen molar-refractivity contribution in [3.63, 3.8) is 0 Å². The van der Waals surface area contributed by atoms with Gasteiger partial charge in [-0.05, 0) is 19.1 Å². The standard InChI is InChI=1S/C15H21N3O2S/c1-2-20-12-3-4-13-14(11-12)17-15(16-13)21-10-7-18-5-8-19-9-6-18/h3-4H,2,5-11H2,1H3. The molecule has 0 atom stereocenters. The van der Waals surface area contributed by atoms with E-state index in [1.165, 1.54) is 0 Å². The molecule has 0 N–H and O–H groups in total. The summed E-state index contributed by atoms with van der Waals surface area (Å²) >= 11 is 1.73. The third kappa shape index (κ3) is 3.96. The molecule has 114 valence electrons. The highest BCUT2D eigenvalue weighted by Gasteiger charge is 2.21. The van der Waals surface area contributed by atoms with Gasteiger partial charge in [0.05, 0.1) is 31.2 Å². The lowest BCUT2D eigenvalue weighted by molar-refractivity contribution is 0.0410. The molecule has 0 unspecified atom stereocenters. The van der Waals surface area contributed by atoms with Crippen LogP contribution < -0.4 is 0 Å². The monoisotopic (exact) mass is 307 g/mol. The number of aliphatic imine (C=N–C) groups is 2. The van der Waals surface area contributed by atoms with Gasteiger partial charge in [0.25, 0.3) is 0 Å². The second kappa shape index (κ2) is 7.24. The molecule has 5 nitrogen and oxygen atoms in total. The Morgan fingerprint density at radius 1 is 1.29 bits per heavy atom.